The summed E-state index contributed by atoms with van der Waals surface area (Å²) in [5.74, 6) is -2.66. The number of allylic oxidation sites excluding steroid dienone is 1. The number of benzene rings is 1. The number of carbonyl (C=O) groups is 2. The van der Waals surface area contributed by atoms with Gasteiger partial charge >= 0.3 is 11.9 Å². The van der Waals surface area contributed by atoms with Crippen LogP contribution < -0.4 is 0 Å². The van der Waals surface area contributed by atoms with Crippen molar-refractivity contribution in [1.82, 2.24) is 0 Å². The Morgan fingerprint density at radius 3 is 1.95 bits per heavy atom. The summed E-state index contributed by atoms with van der Waals surface area (Å²) in [5, 5.41) is 0. The standard InChI is InChI=1S/C17H22O4/c1-5-14(13-10-8-12(4)9-11-13)15(16(18)20-6-2)17(19)21-7-3/h5,8-11,14-15H,1,6-7H2,2-4H3. The van der Waals surface area contributed by atoms with Crippen molar-refractivity contribution in [2.75, 3.05) is 13.2 Å². The fraction of sp³-hybridized carbons (Fsp3) is 0.412. The van der Waals surface area contributed by atoms with E-state index < -0.39 is 23.8 Å². The predicted octanol–water partition coefficient (Wildman–Crippen LogP) is 3.01. The predicted molar refractivity (Wildman–Crippen MR) is 80.9 cm³/mol. The maximum absolute atomic E-state index is 12.1. The molecule has 0 saturated heterocycles. The Labute approximate surface area is 125 Å². The molecule has 1 rings (SSSR count). The average Bonchev–Trinajstić information content (AvgIpc) is 2.46. The Bertz CT molecular complexity index is 472. The fourth-order valence-corrected chi connectivity index (χ4v) is 2.11. The fourth-order valence-electron chi connectivity index (χ4n) is 2.11. The highest BCUT2D eigenvalue weighted by atomic mass is 16.6. The molecule has 0 aliphatic heterocycles. The van der Waals surface area contributed by atoms with Crippen molar-refractivity contribution >= 4 is 11.9 Å². The van der Waals surface area contributed by atoms with E-state index in [0.717, 1.165) is 11.1 Å². The Balaban J connectivity index is 3.13. The lowest BCUT2D eigenvalue weighted by atomic mass is 9.85. The highest BCUT2D eigenvalue weighted by molar-refractivity contribution is 5.96. The lowest BCUT2D eigenvalue weighted by Crippen LogP contribution is -2.32. The van der Waals surface area contributed by atoms with Crippen LogP contribution in [-0.2, 0) is 19.1 Å². The van der Waals surface area contributed by atoms with Crippen LogP contribution in [0.3, 0.4) is 0 Å². The van der Waals surface area contributed by atoms with Crippen LogP contribution in [0.5, 0.6) is 0 Å². The van der Waals surface area contributed by atoms with E-state index in [1.54, 1.807) is 19.9 Å². The van der Waals surface area contributed by atoms with Crippen LogP contribution in [0.1, 0.15) is 30.9 Å². The van der Waals surface area contributed by atoms with Gasteiger partial charge in [-0.1, -0.05) is 35.9 Å². The Morgan fingerprint density at radius 1 is 1.10 bits per heavy atom. The number of hydrogen-bond donors (Lipinski definition) is 0. The molecule has 4 heteroatoms. The number of carbonyl (C=O) groups excluding carboxylic acids is 2. The second-order valence-electron chi connectivity index (χ2n) is 4.65. The van der Waals surface area contributed by atoms with Gasteiger partial charge in [0.2, 0.25) is 0 Å². The van der Waals surface area contributed by atoms with Gasteiger partial charge in [0.1, 0.15) is 0 Å². The van der Waals surface area contributed by atoms with Crippen molar-refractivity contribution in [2.45, 2.75) is 26.7 Å². The third-order valence-corrected chi connectivity index (χ3v) is 3.16. The van der Waals surface area contributed by atoms with Gasteiger partial charge < -0.3 is 9.47 Å². The minimum Gasteiger partial charge on any atom is -0.465 e. The Hall–Kier alpha value is -2.10. The van der Waals surface area contributed by atoms with E-state index in [4.69, 9.17) is 9.47 Å². The smallest absolute Gasteiger partial charge is 0.321 e. The summed E-state index contributed by atoms with van der Waals surface area (Å²) in [6, 6.07) is 7.62. The SMILES string of the molecule is C=CC(c1ccc(C)cc1)C(C(=O)OCC)C(=O)OCC. The summed E-state index contributed by atoms with van der Waals surface area (Å²) in [4.78, 5) is 24.3. The minimum atomic E-state index is -1.02. The van der Waals surface area contributed by atoms with Gasteiger partial charge in [-0.15, -0.1) is 6.58 Å². The molecule has 0 heterocycles. The van der Waals surface area contributed by atoms with E-state index in [-0.39, 0.29) is 13.2 Å². The molecule has 0 fully saturated rings. The zero-order chi connectivity index (χ0) is 15.8. The van der Waals surface area contributed by atoms with E-state index in [1.807, 2.05) is 31.2 Å². The molecular weight excluding hydrogens is 268 g/mol. The zero-order valence-electron chi connectivity index (χ0n) is 12.8. The van der Waals surface area contributed by atoms with Crippen molar-refractivity contribution in [2.24, 2.45) is 5.92 Å². The van der Waals surface area contributed by atoms with Gasteiger partial charge in [-0.25, -0.2) is 0 Å². The molecule has 0 aliphatic carbocycles. The van der Waals surface area contributed by atoms with Crippen LogP contribution in [0.4, 0.5) is 0 Å². The molecule has 1 atom stereocenters. The summed E-state index contributed by atoms with van der Waals surface area (Å²) >= 11 is 0. The van der Waals surface area contributed by atoms with Crippen molar-refractivity contribution in [1.29, 1.82) is 0 Å². The normalized spacial score (nSPS) is 11.8. The van der Waals surface area contributed by atoms with Crippen LogP contribution in [0, 0.1) is 12.8 Å². The molecule has 0 bridgehead atoms. The molecule has 0 radical (unpaired) electrons. The monoisotopic (exact) mass is 290 g/mol. The maximum Gasteiger partial charge on any atom is 0.321 e. The molecule has 21 heavy (non-hydrogen) atoms. The summed E-state index contributed by atoms with van der Waals surface area (Å²) in [7, 11) is 0. The van der Waals surface area contributed by atoms with Gasteiger partial charge in [-0.2, -0.15) is 0 Å². The first kappa shape index (κ1) is 17.0. The summed E-state index contributed by atoms with van der Waals surface area (Å²) in [5.41, 5.74) is 1.94. The summed E-state index contributed by atoms with van der Waals surface area (Å²) in [6.45, 7) is 9.56. The second kappa shape index (κ2) is 8.25. The molecular formula is C17H22O4. The topological polar surface area (TPSA) is 52.6 Å². The largest absolute Gasteiger partial charge is 0.465 e. The molecule has 0 amide bonds. The van der Waals surface area contributed by atoms with E-state index in [2.05, 4.69) is 6.58 Å². The Morgan fingerprint density at radius 2 is 1.57 bits per heavy atom. The van der Waals surface area contributed by atoms with Crippen molar-refractivity contribution in [3.8, 4) is 0 Å². The van der Waals surface area contributed by atoms with E-state index >= 15 is 0 Å². The third-order valence-electron chi connectivity index (χ3n) is 3.16. The number of aryl methyl sites for hydroxylation is 1. The van der Waals surface area contributed by atoms with Crippen LogP contribution >= 0.6 is 0 Å². The average molecular weight is 290 g/mol. The van der Waals surface area contributed by atoms with Gasteiger partial charge in [0, 0.05) is 5.92 Å². The van der Waals surface area contributed by atoms with E-state index in [9.17, 15) is 9.59 Å². The second-order valence-corrected chi connectivity index (χ2v) is 4.65. The van der Waals surface area contributed by atoms with Crippen molar-refractivity contribution in [3.63, 3.8) is 0 Å². The third kappa shape index (κ3) is 4.45. The summed E-state index contributed by atoms with van der Waals surface area (Å²) < 4.78 is 10.0. The van der Waals surface area contributed by atoms with Crippen LogP contribution in [0.15, 0.2) is 36.9 Å². The van der Waals surface area contributed by atoms with Crippen LogP contribution in [0.2, 0.25) is 0 Å². The molecule has 1 aromatic rings. The first-order chi connectivity index (χ1) is 10.0. The number of esters is 2. The Kier molecular flexibility index (Phi) is 6.66. The first-order valence-electron chi connectivity index (χ1n) is 7.07. The molecule has 114 valence electrons. The number of hydrogen-bond acceptors (Lipinski definition) is 4. The molecule has 4 nitrogen and oxygen atoms in total. The molecule has 1 unspecified atom stereocenters. The van der Waals surface area contributed by atoms with E-state index in [1.165, 1.54) is 0 Å². The quantitative estimate of drug-likeness (QED) is 0.440. The van der Waals surface area contributed by atoms with Crippen LogP contribution in [0.25, 0.3) is 0 Å². The molecule has 0 saturated carbocycles. The van der Waals surface area contributed by atoms with Crippen LogP contribution in [-0.4, -0.2) is 25.2 Å². The highest BCUT2D eigenvalue weighted by Crippen LogP contribution is 2.28. The molecule has 0 spiro atoms. The molecule has 1 aromatic carbocycles. The zero-order valence-corrected chi connectivity index (χ0v) is 12.8. The first-order valence-corrected chi connectivity index (χ1v) is 7.07. The van der Waals surface area contributed by atoms with Gasteiger partial charge in [0.15, 0.2) is 5.92 Å². The minimum absolute atomic E-state index is 0.215. The van der Waals surface area contributed by atoms with Gasteiger partial charge in [0.05, 0.1) is 13.2 Å². The van der Waals surface area contributed by atoms with Gasteiger partial charge in [-0.3, -0.25) is 9.59 Å². The van der Waals surface area contributed by atoms with Gasteiger partial charge in [0.25, 0.3) is 0 Å². The number of ether oxygens (including phenoxy) is 2. The summed E-state index contributed by atoms with van der Waals surface area (Å²) in [6.07, 6.45) is 1.59. The maximum atomic E-state index is 12.1. The van der Waals surface area contributed by atoms with Gasteiger partial charge in [-0.05, 0) is 26.3 Å². The highest BCUT2D eigenvalue weighted by Gasteiger charge is 2.36. The number of rotatable bonds is 7. The molecule has 0 aromatic heterocycles. The van der Waals surface area contributed by atoms with E-state index in [0.29, 0.717) is 0 Å². The molecule has 0 N–H and O–H groups in total. The molecule has 0 aliphatic rings. The lowest BCUT2D eigenvalue weighted by Gasteiger charge is -2.22. The van der Waals surface area contributed by atoms with Crippen molar-refractivity contribution in [3.05, 3.63) is 48.0 Å². The lowest BCUT2D eigenvalue weighted by molar-refractivity contribution is -0.162. The van der Waals surface area contributed by atoms with Crippen molar-refractivity contribution < 1.29 is 19.1 Å².